The molecule has 0 bridgehead atoms. The molecule has 41 heavy (non-hydrogen) atoms. The van der Waals surface area contributed by atoms with Crippen LogP contribution in [0.2, 0.25) is 0 Å². The molecule has 0 spiro atoms. The molecule has 3 aromatic rings. The summed E-state index contributed by atoms with van der Waals surface area (Å²) in [7, 11) is -2.63. The van der Waals surface area contributed by atoms with Gasteiger partial charge in [0.25, 0.3) is 0 Å². The fraction of sp³-hybridized carbons (Fsp3) is 0.389. The van der Waals surface area contributed by atoms with Gasteiger partial charge < -0.3 is 0 Å². The summed E-state index contributed by atoms with van der Waals surface area (Å²) < 4.78 is 0. The van der Waals surface area contributed by atoms with Crippen molar-refractivity contribution in [3.05, 3.63) is 112 Å². The smallest absolute Gasteiger partial charge is 0.0994 e. The Kier molecular flexibility index (Phi) is 15.7. The van der Waals surface area contributed by atoms with E-state index in [4.69, 9.17) is 0 Å². The zero-order valence-corrected chi connectivity index (χ0v) is 31.2. The number of halogens is 3. The molecule has 0 aliphatic heterocycles. The maximum absolute atomic E-state index is 3.83. The summed E-state index contributed by atoms with van der Waals surface area (Å²) in [6.07, 6.45) is 7.24. The van der Waals surface area contributed by atoms with Crippen LogP contribution in [0.25, 0.3) is 0 Å². The molecule has 0 amide bonds. The zero-order valence-electron chi connectivity index (χ0n) is 26.2. The van der Waals surface area contributed by atoms with Crippen LogP contribution in [0.3, 0.4) is 0 Å². The molecule has 0 atom stereocenters. The fourth-order valence-corrected chi connectivity index (χ4v) is 11.2. The molecule has 0 radical (unpaired) electrons. The average Bonchev–Trinajstić information content (AvgIpc) is 3.36. The second kappa shape index (κ2) is 16.1. The van der Waals surface area contributed by atoms with Crippen molar-refractivity contribution < 1.29 is 21.7 Å². The van der Waals surface area contributed by atoms with E-state index < -0.39 is 8.07 Å². The van der Waals surface area contributed by atoms with Crippen molar-refractivity contribution in [1.29, 1.82) is 0 Å². The second-order valence-electron chi connectivity index (χ2n) is 12.7. The molecule has 0 fully saturated rings. The van der Waals surface area contributed by atoms with Gasteiger partial charge >= 0.3 is 0 Å². The third kappa shape index (κ3) is 8.11. The first-order valence-electron chi connectivity index (χ1n) is 14.1. The largest absolute Gasteiger partial charge is 0.269 e. The van der Waals surface area contributed by atoms with Crippen LogP contribution in [-0.2, 0) is 21.7 Å². The molecule has 1 aliphatic carbocycles. The van der Waals surface area contributed by atoms with E-state index in [0.29, 0.717) is 17.8 Å². The van der Waals surface area contributed by atoms with E-state index in [1.165, 1.54) is 43.0 Å². The SMILES string of the molecule is CC(C)c1cccc([Si](C2=CC[C-]=C2C(C)(C)C)(c2cccc(C(C)C)c2)c2cccc(C(C)C)c2)c1.Cl.Cl.Cl.[Ti]. The van der Waals surface area contributed by atoms with Crippen LogP contribution in [0.5, 0.6) is 0 Å². The Morgan fingerprint density at radius 2 is 0.951 bits per heavy atom. The maximum Gasteiger partial charge on any atom is 0.0994 e. The van der Waals surface area contributed by atoms with Crippen molar-refractivity contribution >= 4 is 60.9 Å². The van der Waals surface area contributed by atoms with E-state index in [9.17, 15) is 0 Å². The van der Waals surface area contributed by atoms with Gasteiger partial charge in [-0.3, -0.25) is 6.08 Å². The van der Waals surface area contributed by atoms with E-state index >= 15 is 0 Å². The van der Waals surface area contributed by atoms with E-state index in [0.717, 1.165) is 6.42 Å². The number of hydrogen-bond donors (Lipinski definition) is 0. The zero-order chi connectivity index (χ0) is 27.0. The Labute approximate surface area is 285 Å². The van der Waals surface area contributed by atoms with Gasteiger partial charge in [0, 0.05) is 21.7 Å². The molecule has 0 nitrogen and oxygen atoms in total. The third-order valence-electron chi connectivity index (χ3n) is 7.97. The van der Waals surface area contributed by atoms with Gasteiger partial charge in [-0.25, -0.2) is 5.57 Å². The molecule has 1 aliphatic rings. The first-order chi connectivity index (χ1) is 17.5. The topological polar surface area (TPSA) is 0 Å². The Morgan fingerprint density at radius 1 is 0.610 bits per heavy atom. The molecule has 0 heterocycles. The minimum Gasteiger partial charge on any atom is -0.269 e. The summed E-state index contributed by atoms with van der Waals surface area (Å²) >= 11 is 0. The van der Waals surface area contributed by atoms with E-state index in [2.05, 4.69) is 147 Å². The minimum atomic E-state index is -2.63. The van der Waals surface area contributed by atoms with Crippen LogP contribution in [0, 0.1) is 11.5 Å². The molecular weight excluding hydrogens is 615 g/mol. The van der Waals surface area contributed by atoms with Crippen molar-refractivity contribution in [2.24, 2.45) is 5.41 Å². The quantitative estimate of drug-likeness (QED) is 0.134. The molecule has 222 valence electrons. The second-order valence-corrected chi connectivity index (χ2v) is 16.5. The van der Waals surface area contributed by atoms with Gasteiger partial charge in [0.15, 0.2) is 0 Å². The van der Waals surface area contributed by atoms with Gasteiger partial charge in [0.2, 0.25) is 0 Å². The van der Waals surface area contributed by atoms with E-state index in [-0.39, 0.29) is 64.4 Å². The van der Waals surface area contributed by atoms with Gasteiger partial charge in [-0.2, -0.15) is 11.3 Å². The number of benzene rings is 3. The summed E-state index contributed by atoms with van der Waals surface area (Å²) in [5.74, 6) is 1.45. The first kappa shape index (κ1) is 39.9. The van der Waals surface area contributed by atoms with Crippen LogP contribution in [0.4, 0.5) is 0 Å². The number of allylic oxidation sites excluding steroid dienone is 4. The molecule has 0 N–H and O–H groups in total. The van der Waals surface area contributed by atoms with Gasteiger partial charge in [0.1, 0.15) is 0 Å². The molecular formula is C36H48Cl3SiTi-. The number of rotatable bonds is 7. The minimum absolute atomic E-state index is 0. The Bertz CT molecular complexity index is 1210. The molecule has 0 aromatic heterocycles. The maximum atomic E-state index is 3.83. The standard InChI is InChI=1S/C36H45Si.3ClH.Ti/c1-25(2)28-14-10-17-31(22-28)37(32-18-11-15-29(23-32)26(3)4,33-19-12-16-30(24-33)27(5)6)35-21-13-20-34(35)36(7,8)9;;;;/h10-12,14-19,21-27H,13H2,1-9H3;3*1H;/q-1;;;;. The fourth-order valence-electron chi connectivity index (χ4n) is 5.82. The van der Waals surface area contributed by atoms with E-state index in [1.807, 2.05) is 0 Å². The Morgan fingerprint density at radius 3 is 1.24 bits per heavy atom. The summed E-state index contributed by atoms with van der Waals surface area (Å²) in [5.41, 5.74) is 5.68. The van der Waals surface area contributed by atoms with Crippen LogP contribution in [0.15, 0.2) is 89.6 Å². The summed E-state index contributed by atoms with van der Waals surface area (Å²) in [5, 5.41) is 5.98. The molecule has 5 heteroatoms. The van der Waals surface area contributed by atoms with Gasteiger partial charge in [-0.05, 0) is 39.9 Å². The molecule has 0 saturated carbocycles. The van der Waals surface area contributed by atoms with Gasteiger partial charge in [-0.1, -0.05) is 151 Å². The van der Waals surface area contributed by atoms with E-state index in [1.54, 1.807) is 0 Å². The first-order valence-corrected chi connectivity index (χ1v) is 16.1. The van der Waals surface area contributed by atoms with Crippen molar-refractivity contribution in [1.82, 2.24) is 0 Å². The summed E-state index contributed by atoms with van der Waals surface area (Å²) in [6, 6.07) is 28.6. The summed E-state index contributed by atoms with van der Waals surface area (Å²) in [4.78, 5) is 0. The molecule has 0 unspecified atom stereocenters. The van der Waals surface area contributed by atoms with Gasteiger partial charge in [0.05, 0.1) is 8.07 Å². The van der Waals surface area contributed by atoms with Crippen molar-refractivity contribution in [3.8, 4) is 0 Å². The predicted molar refractivity (Wildman–Crippen MR) is 187 cm³/mol. The Hall–Kier alpha value is -1.06. The average molecular weight is 663 g/mol. The Balaban J connectivity index is 0.00000400. The van der Waals surface area contributed by atoms with Crippen LogP contribution in [-0.4, -0.2) is 8.07 Å². The predicted octanol–water partition coefficient (Wildman–Crippen LogP) is 9.43. The monoisotopic (exact) mass is 661 g/mol. The van der Waals surface area contributed by atoms with Crippen molar-refractivity contribution in [2.75, 3.05) is 0 Å². The van der Waals surface area contributed by atoms with Crippen LogP contribution in [0.1, 0.15) is 103 Å². The van der Waals surface area contributed by atoms with Crippen molar-refractivity contribution in [2.45, 2.75) is 86.5 Å². The van der Waals surface area contributed by atoms with Gasteiger partial charge in [-0.15, -0.1) is 43.6 Å². The third-order valence-corrected chi connectivity index (χ3v) is 12.8. The van der Waals surface area contributed by atoms with Crippen LogP contribution < -0.4 is 15.6 Å². The molecule has 3 aromatic carbocycles. The molecule has 0 saturated heterocycles. The van der Waals surface area contributed by atoms with Crippen molar-refractivity contribution in [3.63, 3.8) is 0 Å². The van der Waals surface area contributed by atoms with Crippen LogP contribution >= 0.6 is 37.2 Å². The summed E-state index contributed by atoms with van der Waals surface area (Å²) in [6.45, 7) is 20.9. The normalized spacial score (nSPS) is 13.1. The molecule has 4 rings (SSSR count). The number of hydrogen-bond acceptors (Lipinski definition) is 0.